The summed E-state index contributed by atoms with van der Waals surface area (Å²) in [5, 5.41) is 4.70. The van der Waals surface area contributed by atoms with Gasteiger partial charge in [-0.15, -0.1) is 11.3 Å². The summed E-state index contributed by atoms with van der Waals surface area (Å²) in [6.07, 6.45) is 1.28. The van der Waals surface area contributed by atoms with Gasteiger partial charge in [0, 0.05) is 29.8 Å². The maximum absolute atomic E-state index is 4.77. The second kappa shape index (κ2) is 6.78. The van der Waals surface area contributed by atoms with Crippen molar-refractivity contribution >= 4 is 28.2 Å². The number of thiazole rings is 1. The maximum Gasteiger partial charge on any atom is 0.185 e. The largest absolute Gasteiger partial charge is 0.347 e. The fraction of sp³-hybridized carbons (Fsp3) is 0.769. The zero-order valence-electron chi connectivity index (χ0n) is 11.5. The lowest BCUT2D eigenvalue weighted by Gasteiger charge is -2.18. The van der Waals surface area contributed by atoms with Crippen molar-refractivity contribution in [2.45, 2.75) is 33.2 Å². The lowest BCUT2D eigenvalue weighted by Crippen LogP contribution is -2.25. The van der Waals surface area contributed by atoms with Gasteiger partial charge in [-0.05, 0) is 32.6 Å². The predicted molar refractivity (Wildman–Crippen MR) is 83.1 cm³/mol. The SMILES string of the molecule is CCNC(C)c1sc(N2CCCSCC2)nc1C. The van der Waals surface area contributed by atoms with Crippen LogP contribution in [0, 0.1) is 6.92 Å². The van der Waals surface area contributed by atoms with Gasteiger partial charge in [-0.2, -0.15) is 11.8 Å². The van der Waals surface area contributed by atoms with Gasteiger partial charge in [-0.1, -0.05) is 6.92 Å². The molecule has 1 fully saturated rings. The Kier molecular flexibility index (Phi) is 5.33. The van der Waals surface area contributed by atoms with Crippen LogP contribution in [-0.2, 0) is 0 Å². The first kappa shape index (κ1) is 14.2. The molecule has 1 atom stereocenters. The van der Waals surface area contributed by atoms with Crippen molar-refractivity contribution in [3.63, 3.8) is 0 Å². The van der Waals surface area contributed by atoms with Crippen molar-refractivity contribution in [2.24, 2.45) is 0 Å². The lowest BCUT2D eigenvalue weighted by molar-refractivity contribution is 0.603. The van der Waals surface area contributed by atoms with E-state index in [4.69, 9.17) is 4.98 Å². The van der Waals surface area contributed by atoms with E-state index >= 15 is 0 Å². The molecule has 1 aliphatic heterocycles. The molecule has 1 aliphatic rings. The molecule has 0 amide bonds. The molecule has 2 heterocycles. The van der Waals surface area contributed by atoms with E-state index in [1.807, 2.05) is 11.3 Å². The Morgan fingerprint density at radius 3 is 3.00 bits per heavy atom. The Bertz CT molecular complexity index is 370. The number of anilines is 1. The minimum absolute atomic E-state index is 0.419. The molecule has 0 radical (unpaired) electrons. The lowest BCUT2D eigenvalue weighted by atomic mass is 10.2. The Morgan fingerprint density at radius 2 is 2.22 bits per heavy atom. The number of thioether (sulfide) groups is 1. The molecule has 3 nitrogen and oxygen atoms in total. The van der Waals surface area contributed by atoms with E-state index in [0.717, 1.165) is 19.6 Å². The van der Waals surface area contributed by atoms with E-state index in [2.05, 4.69) is 42.7 Å². The van der Waals surface area contributed by atoms with Crippen LogP contribution in [0.15, 0.2) is 0 Å². The number of rotatable bonds is 4. The average Bonchev–Trinajstić information content (AvgIpc) is 2.58. The molecule has 0 spiro atoms. The predicted octanol–water partition coefficient (Wildman–Crippen LogP) is 3.07. The molecule has 0 saturated carbocycles. The summed E-state index contributed by atoms with van der Waals surface area (Å²) in [4.78, 5) is 8.63. The van der Waals surface area contributed by atoms with Gasteiger partial charge in [0.05, 0.1) is 5.69 Å². The van der Waals surface area contributed by atoms with Crippen molar-refractivity contribution < 1.29 is 0 Å². The molecule has 1 saturated heterocycles. The third-order valence-corrected chi connectivity index (χ3v) is 5.67. The number of nitrogens with one attached hydrogen (secondary N) is 1. The van der Waals surface area contributed by atoms with E-state index in [9.17, 15) is 0 Å². The number of aryl methyl sites for hydroxylation is 1. The van der Waals surface area contributed by atoms with E-state index in [0.29, 0.717) is 6.04 Å². The van der Waals surface area contributed by atoms with Crippen molar-refractivity contribution in [3.05, 3.63) is 10.6 Å². The Morgan fingerprint density at radius 1 is 1.39 bits per heavy atom. The molecule has 0 aliphatic carbocycles. The summed E-state index contributed by atoms with van der Waals surface area (Å²) in [7, 11) is 0. The smallest absolute Gasteiger partial charge is 0.185 e. The molecule has 0 aromatic carbocycles. The van der Waals surface area contributed by atoms with Crippen LogP contribution in [0.3, 0.4) is 0 Å². The van der Waals surface area contributed by atoms with Gasteiger partial charge in [0.15, 0.2) is 5.13 Å². The molecule has 18 heavy (non-hydrogen) atoms. The first-order valence-corrected chi connectivity index (χ1v) is 8.73. The van der Waals surface area contributed by atoms with Gasteiger partial charge in [-0.25, -0.2) is 4.98 Å². The number of aromatic nitrogens is 1. The van der Waals surface area contributed by atoms with Gasteiger partial charge in [0.1, 0.15) is 0 Å². The van der Waals surface area contributed by atoms with Crippen LogP contribution in [0.25, 0.3) is 0 Å². The van der Waals surface area contributed by atoms with E-state index in [1.165, 1.54) is 33.6 Å². The summed E-state index contributed by atoms with van der Waals surface area (Å²) in [6, 6.07) is 0.419. The first-order chi connectivity index (χ1) is 8.72. The van der Waals surface area contributed by atoms with Crippen LogP contribution >= 0.6 is 23.1 Å². The quantitative estimate of drug-likeness (QED) is 0.920. The summed E-state index contributed by atoms with van der Waals surface area (Å²) < 4.78 is 0. The Labute approximate surface area is 118 Å². The standard InChI is InChI=1S/C13H23N3S2/c1-4-14-10(2)12-11(3)15-13(18-12)16-6-5-8-17-9-7-16/h10,14H,4-9H2,1-3H3. The van der Waals surface area contributed by atoms with Crippen LogP contribution < -0.4 is 10.2 Å². The fourth-order valence-electron chi connectivity index (χ4n) is 2.27. The molecule has 1 unspecified atom stereocenters. The molecule has 0 bridgehead atoms. The highest BCUT2D eigenvalue weighted by atomic mass is 32.2. The van der Waals surface area contributed by atoms with Gasteiger partial charge >= 0.3 is 0 Å². The highest BCUT2D eigenvalue weighted by Gasteiger charge is 2.18. The Hall–Kier alpha value is -0.260. The van der Waals surface area contributed by atoms with Crippen molar-refractivity contribution in [3.8, 4) is 0 Å². The molecule has 102 valence electrons. The summed E-state index contributed by atoms with van der Waals surface area (Å²) in [6.45, 7) is 9.83. The van der Waals surface area contributed by atoms with Gasteiger partial charge in [0.2, 0.25) is 0 Å². The molecule has 5 heteroatoms. The highest BCUT2D eigenvalue weighted by molar-refractivity contribution is 7.99. The van der Waals surface area contributed by atoms with Gasteiger partial charge in [-0.3, -0.25) is 0 Å². The van der Waals surface area contributed by atoms with Crippen LogP contribution in [-0.4, -0.2) is 36.1 Å². The van der Waals surface area contributed by atoms with E-state index in [1.54, 1.807) is 0 Å². The first-order valence-electron chi connectivity index (χ1n) is 6.75. The molecule has 1 aromatic heterocycles. The van der Waals surface area contributed by atoms with E-state index in [-0.39, 0.29) is 0 Å². The van der Waals surface area contributed by atoms with Gasteiger partial charge in [0.25, 0.3) is 0 Å². The zero-order valence-corrected chi connectivity index (χ0v) is 13.2. The third-order valence-electron chi connectivity index (χ3n) is 3.22. The Balaban J connectivity index is 2.11. The van der Waals surface area contributed by atoms with Crippen LogP contribution in [0.1, 0.15) is 36.9 Å². The highest BCUT2D eigenvalue weighted by Crippen LogP contribution is 2.31. The zero-order chi connectivity index (χ0) is 13.0. The molecule has 1 N–H and O–H groups in total. The van der Waals surface area contributed by atoms with Crippen LogP contribution in [0.4, 0.5) is 5.13 Å². The second-order valence-electron chi connectivity index (χ2n) is 4.68. The molecular weight excluding hydrogens is 262 g/mol. The molecule has 2 rings (SSSR count). The summed E-state index contributed by atoms with van der Waals surface area (Å²) in [5.74, 6) is 2.53. The number of hydrogen-bond donors (Lipinski definition) is 1. The van der Waals surface area contributed by atoms with Crippen molar-refractivity contribution in [2.75, 3.05) is 36.0 Å². The van der Waals surface area contributed by atoms with Crippen molar-refractivity contribution in [1.82, 2.24) is 10.3 Å². The minimum atomic E-state index is 0.419. The van der Waals surface area contributed by atoms with E-state index < -0.39 is 0 Å². The normalized spacial score (nSPS) is 18.7. The van der Waals surface area contributed by atoms with Crippen LogP contribution in [0.2, 0.25) is 0 Å². The minimum Gasteiger partial charge on any atom is -0.347 e. The van der Waals surface area contributed by atoms with Crippen molar-refractivity contribution in [1.29, 1.82) is 0 Å². The van der Waals surface area contributed by atoms with Gasteiger partial charge < -0.3 is 10.2 Å². The summed E-state index contributed by atoms with van der Waals surface area (Å²) in [5.41, 5.74) is 1.19. The molecule has 1 aromatic rings. The maximum atomic E-state index is 4.77. The summed E-state index contributed by atoms with van der Waals surface area (Å²) >= 11 is 3.93. The third kappa shape index (κ3) is 3.39. The van der Waals surface area contributed by atoms with Crippen LogP contribution in [0.5, 0.6) is 0 Å². The molecular formula is C13H23N3S2. The topological polar surface area (TPSA) is 28.2 Å². The second-order valence-corrected chi connectivity index (χ2v) is 6.91. The number of hydrogen-bond acceptors (Lipinski definition) is 5. The average molecular weight is 285 g/mol. The fourth-order valence-corrected chi connectivity index (χ4v) is 4.30. The number of nitrogens with zero attached hydrogens (tertiary/aromatic N) is 2. The monoisotopic (exact) mass is 285 g/mol.